The Morgan fingerprint density at radius 3 is 2.73 bits per heavy atom. The van der Waals surface area contributed by atoms with E-state index in [1.54, 1.807) is 39.4 Å². The maximum Gasteiger partial charge on any atom is 0.253 e. The van der Waals surface area contributed by atoms with Crippen molar-refractivity contribution in [3.8, 4) is 0 Å². The third kappa shape index (κ3) is 3.23. The van der Waals surface area contributed by atoms with Gasteiger partial charge in [-0.25, -0.2) is 0 Å². The van der Waals surface area contributed by atoms with Gasteiger partial charge in [0.15, 0.2) is 0 Å². The van der Waals surface area contributed by atoms with Crippen LogP contribution in [0.5, 0.6) is 0 Å². The van der Waals surface area contributed by atoms with E-state index in [1.807, 2.05) is 6.07 Å². The topological polar surface area (TPSA) is 61.9 Å². The number of likely N-dealkylation sites (tertiary alicyclic amines) is 1. The summed E-state index contributed by atoms with van der Waals surface area (Å²) in [5.41, 5.74) is 1.28. The third-order valence-electron chi connectivity index (χ3n) is 5.83. The Morgan fingerprint density at radius 1 is 1.35 bits per heavy atom. The van der Waals surface area contributed by atoms with Crippen molar-refractivity contribution in [1.82, 2.24) is 9.80 Å². The van der Waals surface area contributed by atoms with Crippen LogP contribution in [0.2, 0.25) is 0 Å². The molecule has 1 saturated heterocycles. The minimum absolute atomic E-state index is 0.0447. The van der Waals surface area contributed by atoms with E-state index in [-0.39, 0.29) is 23.3 Å². The first kappa shape index (κ1) is 18.9. The summed E-state index contributed by atoms with van der Waals surface area (Å²) in [5, 5.41) is 2.93. The van der Waals surface area contributed by atoms with E-state index < -0.39 is 0 Å². The summed E-state index contributed by atoms with van der Waals surface area (Å²) in [6.07, 6.45) is 1.35. The molecular formula is C20H29N3O3. The minimum atomic E-state index is -0.0784. The monoisotopic (exact) mass is 359 g/mol. The van der Waals surface area contributed by atoms with Crippen LogP contribution < -0.4 is 5.32 Å². The second-order valence-electron chi connectivity index (χ2n) is 8.17. The molecule has 2 fully saturated rings. The number of carbonyl (C=O) groups excluding carboxylic acids is 2. The van der Waals surface area contributed by atoms with Gasteiger partial charge in [0, 0.05) is 49.8 Å². The van der Waals surface area contributed by atoms with Crippen molar-refractivity contribution in [2.24, 2.45) is 11.3 Å². The Balaban J connectivity index is 1.62. The van der Waals surface area contributed by atoms with Gasteiger partial charge in [-0.05, 0) is 31.2 Å². The van der Waals surface area contributed by atoms with Crippen molar-refractivity contribution >= 4 is 17.5 Å². The molecule has 2 aliphatic rings. The normalized spacial score (nSPS) is 26.7. The molecule has 1 aromatic carbocycles. The number of amides is 2. The van der Waals surface area contributed by atoms with Gasteiger partial charge < -0.3 is 15.0 Å². The van der Waals surface area contributed by atoms with E-state index in [0.29, 0.717) is 29.8 Å². The smallest absolute Gasteiger partial charge is 0.253 e. The molecule has 3 rings (SSSR count). The molecule has 6 heteroatoms. The molecule has 1 heterocycles. The Labute approximate surface area is 155 Å². The van der Waals surface area contributed by atoms with Gasteiger partial charge >= 0.3 is 0 Å². The molecule has 0 aromatic heterocycles. The van der Waals surface area contributed by atoms with Gasteiger partial charge in [0.2, 0.25) is 5.91 Å². The van der Waals surface area contributed by atoms with Crippen LogP contribution in [0.25, 0.3) is 0 Å². The molecule has 1 aliphatic heterocycles. The van der Waals surface area contributed by atoms with Gasteiger partial charge in [0.05, 0.1) is 12.6 Å². The standard InChI is InChI=1S/C20H29N3O3/c1-20(2)17-15(18(20)26-5)9-10-23(17)12-16(24)21-14-8-6-7-13(11-14)19(25)22(3)4/h6-8,11,15,17-18H,9-10,12H2,1-5H3,(H,21,24)/t15-,17+,18?/m1/s1. The Hall–Kier alpha value is -1.92. The maximum atomic E-state index is 12.5. The molecule has 3 atom stereocenters. The zero-order chi connectivity index (χ0) is 19.1. The fourth-order valence-electron chi connectivity index (χ4n) is 4.85. The number of benzene rings is 1. The molecule has 0 spiro atoms. The molecule has 1 N–H and O–H groups in total. The zero-order valence-electron chi connectivity index (χ0n) is 16.3. The van der Waals surface area contributed by atoms with Gasteiger partial charge in [-0.15, -0.1) is 0 Å². The zero-order valence-corrected chi connectivity index (χ0v) is 16.3. The Bertz CT molecular complexity index is 701. The fraction of sp³-hybridized carbons (Fsp3) is 0.600. The highest BCUT2D eigenvalue weighted by molar-refractivity contribution is 5.97. The molecule has 0 bridgehead atoms. The van der Waals surface area contributed by atoms with E-state index in [0.717, 1.165) is 13.0 Å². The predicted molar refractivity (Wildman–Crippen MR) is 101 cm³/mol. The summed E-state index contributed by atoms with van der Waals surface area (Å²) < 4.78 is 5.66. The van der Waals surface area contributed by atoms with Crippen molar-refractivity contribution in [3.05, 3.63) is 29.8 Å². The van der Waals surface area contributed by atoms with Crippen molar-refractivity contribution in [1.29, 1.82) is 0 Å². The van der Waals surface area contributed by atoms with Crippen molar-refractivity contribution < 1.29 is 14.3 Å². The number of fused-ring (bicyclic) bond motifs is 1. The largest absolute Gasteiger partial charge is 0.380 e. The first-order valence-corrected chi connectivity index (χ1v) is 9.14. The van der Waals surface area contributed by atoms with Crippen LogP contribution in [0.15, 0.2) is 24.3 Å². The van der Waals surface area contributed by atoms with Crippen molar-refractivity contribution in [2.45, 2.75) is 32.4 Å². The Morgan fingerprint density at radius 2 is 2.08 bits per heavy atom. The second kappa shape index (κ2) is 7.00. The molecule has 1 aromatic rings. The van der Waals surface area contributed by atoms with Gasteiger partial charge in [-0.2, -0.15) is 0 Å². The van der Waals surface area contributed by atoms with E-state index in [4.69, 9.17) is 4.74 Å². The number of ether oxygens (including phenoxy) is 1. The van der Waals surface area contributed by atoms with E-state index in [9.17, 15) is 9.59 Å². The van der Waals surface area contributed by atoms with E-state index >= 15 is 0 Å². The first-order chi connectivity index (χ1) is 12.3. The quantitative estimate of drug-likeness (QED) is 0.874. The molecule has 142 valence electrons. The lowest BCUT2D eigenvalue weighted by Crippen LogP contribution is -2.65. The molecule has 1 saturated carbocycles. The predicted octanol–water partition coefficient (Wildman–Crippen LogP) is 2.07. The Kier molecular flexibility index (Phi) is 5.08. The number of hydrogen-bond donors (Lipinski definition) is 1. The highest BCUT2D eigenvalue weighted by Gasteiger charge is 2.61. The molecule has 0 radical (unpaired) electrons. The van der Waals surface area contributed by atoms with Crippen LogP contribution >= 0.6 is 0 Å². The van der Waals surface area contributed by atoms with Crippen molar-refractivity contribution in [2.75, 3.05) is 39.6 Å². The minimum Gasteiger partial charge on any atom is -0.380 e. The number of nitrogens with zero attached hydrogens (tertiary/aromatic N) is 2. The third-order valence-corrected chi connectivity index (χ3v) is 5.83. The number of anilines is 1. The lowest BCUT2D eigenvalue weighted by molar-refractivity contribution is -0.162. The lowest BCUT2D eigenvalue weighted by Gasteiger charge is -2.56. The number of methoxy groups -OCH3 is 1. The molecule has 1 aliphatic carbocycles. The fourth-order valence-corrected chi connectivity index (χ4v) is 4.85. The number of hydrogen-bond acceptors (Lipinski definition) is 4. The molecule has 6 nitrogen and oxygen atoms in total. The summed E-state index contributed by atoms with van der Waals surface area (Å²) in [7, 11) is 5.20. The maximum absolute atomic E-state index is 12.5. The van der Waals surface area contributed by atoms with Crippen LogP contribution in [-0.4, -0.2) is 68.1 Å². The second-order valence-corrected chi connectivity index (χ2v) is 8.17. The van der Waals surface area contributed by atoms with Crippen LogP contribution in [0, 0.1) is 11.3 Å². The van der Waals surface area contributed by atoms with Crippen LogP contribution in [0.4, 0.5) is 5.69 Å². The molecular weight excluding hydrogens is 330 g/mol. The number of carbonyl (C=O) groups is 2. The van der Waals surface area contributed by atoms with Gasteiger partial charge in [0.1, 0.15) is 0 Å². The summed E-state index contributed by atoms with van der Waals surface area (Å²) in [6, 6.07) is 7.47. The van der Waals surface area contributed by atoms with Gasteiger partial charge in [0.25, 0.3) is 5.91 Å². The number of nitrogens with one attached hydrogen (secondary N) is 1. The van der Waals surface area contributed by atoms with E-state index in [1.165, 1.54) is 4.90 Å². The molecule has 2 amide bonds. The average Bonchev–Trinajstić information content (AvgIpc) is 2.95. The lowest BCUT2D eigenvalue weighted by atomic mass is 9.57. The summed E-state index contributed by atoms with van der Waals surface area (Å²) in [5.74, 6) is 0.394. The van der Waals surface area contributed by atoms with Gasteiger partial charge in [-0.3, -0.25) is 14.5 Å². The average molecular weight is 359 g/mol. The highest BCUT2D eigenvalue weighted by atomic mass is 16.5. The summed E-state index contributed by atoms with van der Waals surface area (Å²) in [4.78, 5) is 28.4. The molecule has 26 heavy (non-hydrogen) atoms. The van der Waals surface area contributed by atoms with E-state index in [2.05, 4.69) is 24.1 Å². The summed E-state index contributed by atoms with van der Waals surface area (Å²) in [6.45, 7) is 5.72. The summed E-state index contributed by atoms with van der Waals surface area (Å²) >= 11 is 0. The van der Waals surface area contributed by atoms with Crippen LogP contribution in [-0.2, 0) is 9.53 Å². The number of rotatable bonds is 5. The SMILES string of the molecule is COC1[C@@H]2CCN(CC(=O)Nc3cccc(C(=O)N(C)C)c3)[C@@H]2C1(C)C. The van der Waals surface area contributed by atoms with Crippen molar-refractivity contribution in [3.63, 3.8) is 0 Å². The molecule has 1 unspecified atom stereocenters. The first-order valence-electron chi connectivity index (χ1n) is 9.14. The van der Waals surface area contributed by atoms with Crippen LogP contribution in [0.3, 0.4) is 0 Å². The van der Waals surface area contributed by atoms with Gasteiger partial charge in [-0.1, -0.05) is 19.9 Å². The van der Waals surface area contributed by atoms with Crippen LogP contribution in [0.1, 0.15) is 30.6 Å². The highest BCUT2D eigenvalue weighted by Crippen LogP contribution is 2.54.